The Labute approximate surface area is 417 Å². The summed E-state index contributed by atoms with van der Waals surface area (Å²) in [4.78, 5) is 26.3. The average molecular weight is 943 g/mol. The van der Waals surface area contributed by atoms with Crippen LogP contribution >= 0.6 is 0 Å². The Kier molecular flexibility index (Phi) is 53.4. The van der Waals surface area contributed by atoms with Crippen LogP contribution in [0, 0.1) is 0 Å². The number of rotatable bonds is 54. The third-order valence-corrected chi connectivity index (χ3v) is 13.8. The molecule has 0 spiro atoms. The first-order chi connectivity index (χ1) is 33.0. The fourth-order valence-corrected chi connectivity index (χ4v) is 9.26. The molecule has 3 N–H and O–H groups in total. The molecule has 0 aromatic rings. The predicted molar refractivity (Wildman–Crippen MR) is 292 cm³/mol. The van der Waals surface area contributed by atoms with E-state index < -0.39 is 18.2 Å². The van der Waals surface area contributed by atoms with Gasteiger partial charge in [0.05, 0.1) is 25.2 Å². The Bertz CT molecular complexity index is 1100. The second kappa shape index (κ2) is 55.0. The topological polar surface area (TPSA) is 95.9 Å². The lowest BCUT2D eigenvalue weighted by atomic mass is 10.0. The van der Waals surface area contributed by atoms with E-state index in [1.54, 1.807) is 0 Å². The molecule has 0 heterocycles. The second-order valence-electron chi connectivity index (χ2n) is 20.5. The van der Waals surface area contributed by atoms with Crippen molar-refractivity contribution in [2.45, 2.75) is 334 Å². The van der Waals surface area contributed by atoms with Gasteiger partial charge in [0.15, 0.2) is 0 Å². The minimum atomic E-state index is -0.789. The van der Waals surface area contributed by atoms with Crippen LogP contribution in [0.4, 0.5) is 0 Å². The van der Waals surface area contributed by atoms with E-state index in [0.717, 1.165) is 64.2 Å². The number of esters is 1. The molecule has 67 heavy (non-hydrogen) atoms. The Balaban J connectivity index is 4.57. The minimum absolute atomic E-state index is 0.0741. The monoisotopic (exact) mass is 942 g/mol. The summed E-state index contributed by atoms with van der Waals surface area (Å²) in [5, 5.41) is 23.9. The van der Waals surface area contributed by atoms with Crippen LogP contribution in [0.1, 0.15) is 316 Å². The molecule has 0 radical (unpaired) electrons. The van der Waals surface area contributed by atoms with E-state index in [1.807, 2.05) is 0 Å². The summed E-state index contributed by atoms with van der Waals surface area (Å²) in [7, 11) is 0. The molecule has 0 bridgehead atoms. The number of allylic oxidation sites excluding steroid dienone is 6. The maximum Gasteiger partial charge on any atom is 0.306 e. The van der Waals surface area contributed by atoms with Crippen molar-refractivity contribution in [3.05, 3.63) is 36.5 Å². The van der Waals surface area contributed by atoms with Gasteiger partial charge in [-0.25, -0.2) is 0 Å². The molecule has 0 saturated heterocycles. The van der Waals surface area contributed by atoms with Gasteiger partial charge in [-0.05, 0) is 51.4 Å². The van der Waals surface area contributed by atoms with E-state index in [1.165, 1.54) is 205 Å². The Morgan fingerprint density at radius 1 is 0.433 bits per heavy atom. The largest absolute Gasteiger partial charge is 0.462 e. The van der Waals surface area contributed by atoms with Crippen LogP contribution in [0.3, 0.4) is 0 Å². The highest BCUT2D eigenvalue weighted by atomic mass is 16.5. The van der Waals surface area contributed by atoms with Crippen LogP contribution in [0.25, 0.3) is 0 Å². The van der Waals surface area contributed by atoms with Crippen LogP contribution < -0.4 is 5.32 Å². The van der Waals surface area contributed by atoms with Crippen molar-refractivity contribution in [3.63, 3.8) is 0 Å². The molecule has 0 aliphatic rings. The number of aliphatic hydroxyl groups excluding tert-OH is 2. The number of aliphatic hydroxyl groups is 2. The lowest BCUT2D eigenvalue weighted by Crippen LogP contribution is -2.46. The second-order valence-corrected chi connectivity index (χ2v) is 20.5. The van der Waals surface area contributed by atoms with Gasteiger partial charge in [0.1, 0.15) is 6.10 Å². The van der Waals surface area contributed by atoms with E-state index in [2.05, 4.69) is 62.5 Å². The number of carbonyl (C=O) groups excluding carboxylic acids is 2. The Morgan fingerprint density at radius 2 is 0.761 bits per heavy atom. The highest BCUT2D eigenvalue weighted by Gasteiger charge is 2.24. The average Bonchev–Trinajstić information content (AvgIpc) is 3.32. The number of hydrogen-bond acceptors (Lipinski definition) is 5. The Morgan fingerprint density at radius 3 is 1.13 bits per heavy atom. The van der Waals surface area contributed by atoms with Crippen LogP contribution in [-0.4, -0.2) is 46.9 Å². The molecule has 394 valence electrons. The first kappa shape index (κ1) is 65.1. The standard InChI is InChI=1S/C61H115NO5/c1-4-7-10-13-16-19-22-25-28-30-31-33-36-39-42-45-48-51-54-61(66)67-57(52-49-46-43-40-37-34-32-29-26-23-20-17-14-11-8-5-2)55-60(65)62-58(56-63)59(64)53-50-47-44-41-38-35-27-24-21-18-15-12-9-6-3/h22,25,28,30-31,33,57-59,63-64H,4-21,23-24,26-27,29,32,34-56H2,1-3H3,(H,62,65)/b25-22+,30-28+,33-31+. The molecule has 0 fully saturated rings. The van der Waals surface area contributed by atoms with Crippen LogP contribution in [0.15, 0.2) is 36.5 Å². The van der Waals surface area contributed by atoms with Crippen molar-refractivity contribution in [3.8, 4) is 0 Å². The molecule has 6 heteroatoms. The van der Waals surface area contributed by atoms with Crippen molar-refractivity contribution in [2.24, 2.45) is 0 Å². The van der Waals surface area contributed by atoms with E-state index in [4.69, 9.17) is 4.74 Å². The van der Waals surface area contributed by atoms with Crippen molar-refractivity contribution in [1.82, 2.24) is 5.32 Å². The summed E-state index contributed by atoms with van der Waals surface area (Å²) in [5.74, 6) is -0.478. The van der Waals surface area contributed by atoms with Crippen LogP contribution in [0.5, 0.6) is 0 Å². The van der Waals surface area contributed by atoms with Crippen LogP contribution in [0.2, 0.25) is 0 Å². The Hall–Kier alpha value is -1.92. The zero-order valence-electron chi connectivity index (χ0n) is 45.0. The SMILES string of the molecule is CCCCCCC/C=C/C=C/C=C/CCCCCCCC(=O)OC(CCCCCCCCCCCCCCCCCC)CC(=O)NC(CO)C(O)CCCCCCCCCCCCCCCC. The number of hydrogen-bond donors (Lipinski definition) is 3. The lowest BCUT2D eigenvalue weighted by molar-refractivity contribution is -0.151. The van der Waals surface area contributed by atoms with Crippen molar-refractivity contribution < 1.29 is 24.5 Å². The third-order valence-electron chi connectivity index (χ3n) is 13.8. The van der Waals surface area contributed by atoms with Gasteiger partial charge >= 0.3 is 5.97 Å². The normalized spacial score (nSPS) is 13.3. The summed E-state index contributed by atoms with van der Waals surface area (Å²) in [6, 6.07) is -0.704. The van der Waals surface area contributed by atoms with Gasteiger partial charge in [-0.2, -0.15) is 0 Å². The van der Waals surface area contributed by atoms with Crippen LogP contribution in [-0.2, 0) is 14.3 Å². The number of carbonyl (C=O) groups is 2. The summed E-state index contributed by atoms with van der Waals surface area (Å²) in [6.45, 7) is 6.50. The molecule has 3 atom stereocenters. The van der Waals surface area contributed by atoms with Gasteiger partial charge in [-0.3, -0.25) is 9.59 Å². The summed E-state index contributed by atoms with van der Waals surface area (Å²) < 4.78 is 5.97. The van der Waals surface area contributed by atoms with Crippen molar-refractivity contribution >= 4 is 11.9 Å². The molecule has 3 unspecified atom stereocenters. The molecule has 6 nitrogen and oxygen atoms in total. The van der Waals surface area contributed by atoms with Gasteiger partial charge in [0.25, 0.3) is 0 Å². The molecule has 1 amide bonds. The molecule has 0 aromatic heterocycles. The van der Waals surface area contributed by atoms with E-state index in [9.17, 15) is 19.8 Å². The molecule has 0 aliphatic heterocycles. The molecule has 0 rings (SSSR count). The van der Waals surface area contributed by atoms with Crippen molar-refractivity contribution in [2.75, 3.05) is 6.61 Å². The van der Waals surface area contributed by atoms with E-state index in [0.29, 0.717) is 19.3 Å². The fraction of sp³-hybridized carbons (Fsp3) is 0.869. The zero-order chi connectivity index (χ0) is 48.8. The molecule has 0 aromatic carbocycles. The van der Waals surface area contributed by atoms with Gasteiger partial charge in [0.2, 0.25) is 5.91 Å². The van der Waals surface area contributed by atoms with E-state index in [-0.39, 0.29) is 24.9 Å². The number of nitrogens with one attached hydrogen (secondary N) is 1. The van der Waals surface area contributed by atoms with Gasteiger partial charge in [0, 0.05) is 6.42 Å². The quantitative estimate of drug-likeness (QED) is 0.0321. The highest BCUT2D eigenvalue weighted by molar-refractivity contribution is 5.77. The zero-order valence-corrected chi connectivity index (χ0v) is 45.0. The lowest BCUT2D eigenvalue weighted by Gasteiger charge is -2.24. The summed E-state index contributed by atoms with van der Waals surface area (Å²) >= 11 is 0. The summed E-state index contributed by atoms with van der Waals surface area (Å²) in [5.41, 5.74) is 0. The minimum Gasteiger partial charge on any atom is -0.462 e. The van der Waals surface area contributed by atoms with Crippen molar-refractivity contribution in [1.29, 1.82) is 0 Å². The van der Waals surface area contributed by atoms with Gasteiger partial charge in [-0.15, -0.1) is 0 Å². The van der Waals surface area contributed by atoms with E-state index >= 15 is 0 Å². The maximum absolute atomic E-state index is 13.3. The molecule has 0 saturated carbocycles. The maximum atomic E-state index is 13.3. The first-order valence-corrected chi connectivity index (χ1v) is 29.7. The first-order valence-electron chi connectivity index (χ1n) is 29.7. The molecule has 0 aliphatic carbocycles. The predicted octanol–water partition coefficient (Wildman–Crippen LogP) is 18.4. The fourth-order valence-electron chi connectivity index (χ4n) is 9.26. The number of amides is 1. The number of unbranched alkanes of at least 4 members (excludes halogenated alkanes) is 38. The smallest absolute Gasteiger partial charge is 0.306 e. The highest BCUT2D eigenvalue weighted by Crippen LogP contribution is 2.19. The molecular formula is C61H115NO5. The molecular weight excluding hydrogens is 827 g/mol. The van der Waals surface area contributed by atoms with Gasteiger partial charge < -0.3 is 20.3 Å². The van der Waals surface area contributed by atoms with Gasteiger partial charge in [-0.1, -0.05) is 288 Å². The number of ether oxygens (including phenoxy) is 1. The summed E-state index contributed by atoms with van der Waals surface area (Å²) in [6.07, 6.45) is 66.3. The third kappa shape index (κ3) is 50.3.